The molecule has 0 aliphatic carbocycles. The Balaban J connectivity index is 1.69. The van der Waals surface area contributed by atoms with E-state index in [0.717, 1.165) is 25.9 Å². The van der Waals surface area contributed by atoms with Crippen LogP contribution in [0.5, 0.6) is 0 Å². The summed E-state index contributed by atoms with van der Waals surface area (Å²) >= 11 is 1.80. The molecule has 3 rings (SSSR count). The normalized spacial score (nSPS) is 23.5. The van der Waals surface area contributed by atoms with Gasteiger partial charge in [0, 0.05) is 25.1 Å². The van der Waals surface area contributed by atoms with E-state index in [0.29, 0.717) is 11.7 Å². The topological polar surface area (TPSA) is 51.4 Å². The average Bonchev–Trinajstić information content (AvgIpc) is 3.16. The second-order valence-electron chi connectivity index (χ2n) is 5.11. The van der Waals surface area contributed by atoms with Crippen molar-refractivity contribution in [3.05, 3.63) is 34.1 Å². The lowest BCUT2D eigenvalue weighted by atomic mass is 10.2. The first-order valence-electron chi connectivity index (χ1n) is 6.85. The van der Waals surface area contributed by atoms with Gasteiger partial charge in [0.15, 0.2) is 5.82 Å². The molecule has 1 aliphatic heterocycles. The molecule has 108 valence electrons. The Morgan fingerprint density at radius 2 is 2.45 bits per heavy atom. The maximum absolute atomic E-state index is 5.51. The Morgan fingerprint density at radius 3 is 3.10 bits per heavy atom. The predicted octanol–water partition coefficient (Wildman–Crippen LogP) is 2.44. The maximum Gasteiger partial charge on any atom is 0.244 e. The van der Waals surface area contributed by atoms with E-state index in [1.165, 1.54) is 4.88 Å². The van der Waals surface area contributed by atoms with Crippen molar-refractivity contribution < 1.29 is 9.26 Å². The molecule has 2 aromatic heterocycles. The molecule has 3 heterocycles. The van der Waals surface area contributed by atoms with Crippen LogP contribution in [0.1, 0.15) is 29.1 Å². The van der Waals surface area contributed by atoms with E-state index in [-0.39, 0.29) is 12.1 Å². The van der Waals surface area contributed by atoms with Gasteiger partial charge in [0.2, 0.25) is 5.89 Å². The number of aryl methyl sites for hydroxylation is 1. The molecular weight excluding hydrogens is 274 g/mol. The van der Waals surface area contributed by atoms with E-state index >= 15 is 0 Å². The molecule has 0 bridgehead atoms. The van der Waals surface area contributed by atoms with Gasteiger partial charge in [-0.1, -0.05) is 11.2 Å². The highest BCUT2D eigenvalue weighted by Gasteiger charge is 2.36. The van der Waals surface area contributed by atoms with Gasteiger partial charge in [0.25, 0.3) is 0 Å². The van der Waals surface area contributed by atoms with Crippen LogP contribution in [0.25, 0.3) is 0 Å². The fourth-order valence-electron chi connectivity index (χ4n) is 2.69. The van der Waals surface area contributed by atoms with Gasteiger partial charge in [-0.3, -0.25) is 4.90 Å². The number of thiophene rings is 1. The van der Waals surface area contributed by atoms with E-state index < -0.39 is 0 Å². The van der Waals surface area contributed by atoms with E-state index in [4.69, 9.17) is 9.26 Å². The van der Waals surface area contributed by atoms with Gasteiger partial charge in [-0.05, 0) is 31.2 Å². The molecule has 0 N–H and O–H groups in total. The van der Waals surface area contributed by atoms with Crippen LogP contribution in [0, 0.1) is 6.92 Å². The average molecular weight is 293 g/mol. The Kier molecular flexibility index (Phi) is 4.14. The first kappa shape index (κ1) is 13.7. The number of aromatic nitrogens is 2. The summed E-state index contributed by atoms with van der Waals surface area (Å²) in [6.45, 7) is 3.77. The monoisotopic (exact) mass is 293 g/mol. The Labute approximate surface area is 122 Å². The van der Waals surface area contributed by atoms with Gasteiger partial charge >= 0.3 is 0 Å². The lowest BCUT2D eigenvalue weighted by Crippen LogP contribution is -2.27. The third-order valence-electron chi connectivity index (χ3n) is 3.75. The maximum atomic E-state index is 5.51. The number of rotatable bonds is 5. The minimum atomic E-state index is 0.182. The first-order chi connectivity index (χ1) is 9.76. The van der Waals surface area contributed by atoms with Crippen LogP contribution in [-0.4, -0.2) is 41.3 Å². The molecule has 20 heavy (non-hydrogen) atoms. The summed E-state index contributed by atoms with van der Waals surface area (Å²) in [5.41, 5.74) is 0. The zero-order chi connectivity index (χ0) is 13.9. The second kappa shape index (κ2) is 6.03. The summed E-state index contributed by atoms with van der Waals surface area (Å²) in [5.74, 6) is 1.41. The van der Waals surface area contributed by atoms with Crippen molar-refractivity contribution in [3.63, 3.8) is 0 Å². The van der Waals surface area contributed by atoms with Crippen molar-refractivity contribution in [2.75, 3.05) is 20.2 Å². The summed E-state index contributed by atoms with van der Waals surface area (Å²) in [6.07, 6.45) is 2.22. The summed E-state index contributed by atoms with van der Waals surface area (Å²) in [4.78, 5) is 8.18. The molecular formula is C14H19N3O2S. The third-order valence-corrected chi connectivity index (χ3v) is 4.69. The highest BCUT2D eigenvalue weighted by atomic mass is 32.1. The molecule has 0 unspecified atom stereocenters. The molecule has 1 saturated heterocycles. The van der Waals surface area contributed by atoms with E-state index in [1.54, 1.807) is 18.4 Å². The number of hydrogen-bond donors (Lipinski definition) is 0. The van der Waals surface area contributed by atoms with Crippen LogP contribution in [0.4, 0.5) is 0 Å². The van der Waals surface area contributed by atoms with Crippen molar-refractivity contribution in [2.24, 2.45) is 0 Å². The van der Waals surface area contributed by atoms with Gasteiger partial charge < -0.3 is 9.26 Å². The molecule has 0 saturated carbocycles. The van der Waals surface area contributed by atoms with Crippen LogP contribution in [0.2, 0.25) is 0 Å². The van der Waals surface area contributed by atoms with Crippen LogP contribution in [-0.2, 0) is 11.2 Å². The minimum Gasteiger partial charge on any atom is -0.380 e. The molecule has 5 nitrogen and oxygen atoms in total. The lowest BCUT2D eigenvalue weighted by molar-refractivity contribution is 0.108. The van der Waals surface area contributed by atoms with Crippen LogP contribution in [0.3, 0.4) is 0 Å². The fraction of sp³-hybridized carbons (Fsp3) is 0.571. The predicted molar refractivity (Wildman–Crippen MR) is 76.8 cm³/mol. The smallest absolute Gasteiger partial charge is 0.244 e. The number of likely N-dealkylation sites (tertiary alicyclic amines) is 1. The largest absolute Gasteiger partial charge is 0.380 e. The lowest BCUT2D eigenvalue weighted by Gasteiger charge is -2.20. The molecule has 1 aliphatic rings. The van der Waals surface area contributed by atoms with Gasteiger partial charge in [-0.25, -0.2) is 0 Å². The first-order valence-corrected chi connectivity index (χ1v) is 7.73. The minimum absolute atomic E-state index is 0.182. The zero-order valence-electron chi connectivity index (χ0n) is 11.8. The van der Waals surface area contributed by atoms with Gasteiger partial charge in [-0.2, -0.15) is 4.98 Å². The Hall–Kier alpha value is -1.24. The molecule has 0 aromatic carbocycles. The molecule has 0 spiro atoms. The van der Waals surface area contributed by atoms with Crippen LogP contribution in [0.15, 0.2) is 22.0 Å². The van der Waals surface area contributed by atoms with E-state index in [2.05, 4.69) is 32.6 Å². The van der Waals surface area contributed by atoms with Crippen molar-refractivity contribution in [1.29, 1.82) is 0 Å². The summed E-state index contributed by atoms with van der Waals surface area (Å²) in [7, 11) is 1.77. The third kappa shape index (κ3) is 2.92. The van der Waals surface area contributed by atoms with Crippen molar-refractivity contribution in [2.45, 2.75) is 31.9 Å². The summed E-state index contributed by atoms with van der Waals surface area (Å²) < 4.78 is 10.9. The van der Waals surface area contributed by atoms with Crippen molar-refractivity contribution in [1.82, 2.24) is 15.0 Å². The zero-order valence-corrected chi connectivity index (χ0v) is 12.6. The fourth-order valence-corrected chi connectivity index (χ4v) is 3.39. The van der Waals surface area contributed by atoms with Gasteiger partial charge in [0.05, 0.1) is 12.1 Å². The molecule has 0 radical (unpaired) electrons. The van der Waals surface area contributed by atoms with E-state index in [1.807, 2.05) is 6.92 Å². The van der Waals surface area contributed by atoms with Gasteiger partial charge in [0.1, 0.15) is 0 Å². The second-order valence-corrected chi connectivity index (χ2v) is 6.15. The number of hydrogen-bond acceptors (Lipinski definition) is 6. The summed E-state index contributed by atoms with van der Waals surface area (Å²) in [6, 6.07) is 4.46. The number of nitrogens with zero attached hydrogens (tertiary/aromatic N) is 3. The quantitative estimate of drug-likeness (QED) is 0.847. The molecule has 2 atom stereocenters. The van der Waals surface area contributed by atoms with Crippen LogP contribution >= 0.6 is 11.3 Å². The standard InChI is InChI=1S/C14H19N3O2S/c1-10-15-14(19-16-10)13-8-11(18-2)9-17(13)6-5-12-4-3-7-20-12/h3-4,7,11,13H,5-6,8-9H2,1-2H3/t11-,13+/m0/s1. The van der Waals surface area contributed by atoms with Crippen molar-refractivity contribution in [3.8, 4) is 0 Å². The molecule has 6 heteroatoms. The molecule has 2 aromatic rings. The van der Waals surface area contributed by atoms with E-state index in [9.17, 15) is 0 Å². The Bertz CT molecular complexity index is 540. The summed E-state index contributed by atoms with van der Waals surface area (Å²) in [5, 5.41) is 6.03. The Morgan fingerprint density at radius 1 is 1.55 bits per heavy atom. The highest BCUT2D eigenvalue weighted by Crippen LogP contribution is 2.32. The number of methoxy groups -OCH3 is 1. The van der Waals surface area contributed by atoms with Crippen LogP contribution < -0.4 is 0 Å². The molecule has 1 fully saturated rings. The van der Waals surface area contributed by atoms with Crippen molar-refractivity contribution >= 4 is 11.3 Å². The molecule has 0 amide bonds. The number of ether oxygens (including phenoxy) is 1. The van der Waals surface area contributed by atoms with Gasteiger partial charge in [-0.15, -0.1) is 11.3 Å². The highest BCUT2D eigenvalue weighted by molar-refractivity contribution is 7.09. The SMILES string of the molecule is CO[C@H]1C[C@H](c2nc(C)no2)N(CCc2cccs2)C1.